The zero-order chi connectivity index (χ0) is 45.3. The van der Waals surface area contributed by atoms with Crippen LogP contribution in [0.4, 0.5) is 33.6 Å². The summed E-state index contributed by atoms with van der Waals surface area (Å²) in [6.07, 6.45) is 3.65. The molecule has 0 amide bonds. The van der Waals surface area contributed by atoms with Gasteiger partial charge in [0.15, 0.2) is 28.7 Å². The van der Waals surface area contributed by atoms with Crippen molar-refractivity contribution >= 4 is 56.5 Å². The Morgan fingerprint density at radius 3 is 2.14 bits per heavy atom. The number of nitrogens with zero attached hydrogens (tertiary/aromatic N) is 10. The maximum atomic E-state index is 15.7. The molecule has 0 fully saturated rings. The van der Waals surface area contributed by atoms with Crippen LogP contribution in [-0.4, -0.2) is 64.8 Å². The van der Waals surface area contributed by atoms with Gasteiger partial charge in [0.25, 0.3) is 0 Å². The maximum Gasteiger partial charge on any atom is 0.452 e. The number of hydrogen-bond donors (Lipinski definition) is 5. The smallest absolute Gasteiger partial charge is 0.364 e. The molecule has 0 radical (unpaired) electrons. The number of benzene rings is 3. The van der Waals surface area contributed by atoms with Crippen LogP contribution in [0.1, 0.15) is 16.9 Å². The molecule has 3 aromatic carbocycles. The lowest BCUT2D eigenvalue weighted by molar-refractivity contribution is -0.155. The lowest BCUT2D eigenvalue weighted by atomic mass is 10.0. The molecule has 66 heavy (non-hydrogen) atoms. The zero-order valence-electron chi connectivity index (χ0n) is 33.9. The second-order valence-electron chi connectivity index (χ2n) is 15.2. The van der Waals surface area contributed by atoms with Crippen molar-refractivity contribution in [1.29, 1.82) is 0 Å². The first-order chi connectivity index (χ1) is 31.9. The summed E-state index contributed by atoms with van der Waals surface area (Å²) in [5.74, 6) is -0.689. The molecule has 0 atom stereocenters. The Kier molecular flexibility index (Phi) is 9.57. The van der Waals surface area contributed by atoms with Gasteiger partial charge in [0.05, 0.1) is 29.0 Å². The number of H-pyrrole nitrogens is 3. The maximum absolute atomic E-state index is 15.7. The van der Waals surface area contributed by atoms with Crippen molar-refractivity contribution in [2.45, 2.75) is 19.3 Å². The number of pyridine rings is 2. The largest absolute Gasteiger partial charge is 0.452 e. The Morgan fingerprint density at radius 1 is 0.727 bits per heavy atom. The van der Waals surface area contributed by atoms with Crippen LogP contribution in [0.5, 0.6) is 0 Å². The third-order valence-electron chi connectivity index (χ3n) is 10.8. The molecule has 328 valence electrons. The number of aromatic amines is 3. The van der Waals surface area contributed by atoms with Crippen molar-refractivity contribution in [3.05, 3.63) is 137 Å². The summed E-state index contributed by atoms with van der Waals surface area (Å²) in [4.78, 5) is 25.5. The highest BCUT2D eigenvalue weighted by Gasteiger charge is 2.36. The molecule has 0 unspecified atom stereocenters. The van der Waals surface area contributed by atoms with Crippen LogP contribution in [0.15, 0.2) is 108 Å². The summed E-state index contributed by atoms with van der Waals surface area (Å²) in [6, 6.07) is 19.0. The van der Waals surface area contributed by atoms with Gasteiger partial charge in [-0.05, 0) is 53.6 Å². The molecule has 8 heterocycles. The van der Waals surface area contributed by atoms with Gasteiger partial charge in [-0.1, -0.05) is 41.0 Å². The molecule has 5 N–H and O–H groups in total. The fourth-order valence-corrected chi connectivity index (χ4v) is 7.71. The number of rotatable bonds is 11. The fourth-order valence-electron chi connectivity index (χ4n) is 7.54. The molecule has 16 nitrogen and oxygen atoms in total. The van der Waals surface area contributed by atoms with Crippen LogP contribution >= 0.6 is 11.6 Å². The van der Waals surface area contributed by atoms with E-state index in [9.17, 15) is 13.2 Å². The summed E-state index contributed by atoms with van der Waals surface area (Å²) in [5.41, 5.74) is 6.68. The highest BCUT2D eigenvalue weighted by Crippen LogP contribution is 2.35. The first-order valence-electron chi connectivity index (χ1n) is 19.9. The van der Waals surface area contributed by atoms with Crippen LogP contribution in [0.3, 0.4) is 0 Å². The summed E-state index contributed by atoms with van der Waals surface area (Å²) >= 11 is 6.18. The van der Waals surface area contributed by atoms with Crippen molar-refractivity contribution in [1.82, 2.24) is 64.8 Å². The second-order valence-corrected chi connectivity index (χ2v) is 15.6. The first-order valence-corrected chi connectivity index (χ1v) is 20.3. The normalized spacial score (nSPS) is 12.0. The van der Waals surface area contributed by atoms with E-state index in [2.05, 4.69) is 55.7 Å². The molecule has 11 aromatic rings. The van der Waals surface area contributed by atoms with Gasteiger partial charge in [-0.3, -0.25) is 9.78 Å². The number of imidazole rings is 2. The van der Waals surface area contributed by atoms with E-state index in [1.165, 1.54) is 22.9 Å². The third kappa shape index (κ3) is 7.49. The second kappa shape index (κ2) is 15.7. The molecular formula is C44H29ClF5N15O. The first kappa shape index (κ1) is 40.3. The Morgan fingerprint density at radius 2 is 1.42 bits per heavy atom. The Hall–Kier alpha value is -8.46. The molecule has 11 rings (SSSR count). The van der Waals surface area contributed by atoms with E-state index in [1.54, 1.807) is 79.1 Å². The van der Waals surface area contributed by atoms with Crippen molar-refractivity contribution in [3.63, 3.8) is 0 Å². The zero-order valence-corrected chi connectivity index (χ0v) is 34.6. The van der Waals surface area contributed by atoms with Crippen LogP contribution in [0, 0.1) is 11.6 Å². The quantitative estimate of drug-likeness (QED) is 0.0775. The van der Waals surface area contributed by atoms with Gasteiger partial charge in [0, 0.05) is 77.5 Å². The van der Waals surface area contributed by atoms with Gasteiger partial charge in [0.2, 0.25) is 5.76 Å². The number of aromatic nitrogens is 13. The average Bonchev–Trinajstić information content (AvgIpc) is 4.16. The Balaban J connectivity index is 0.883. The SMILES string of the molecule is Cn1cc(-c2nc3c(-c4ccc(CNc5cc(C(F)(F)F)on5)c(F)c4)cc(-n4cc(-c5nc6c(-c7ccc(CNc8n[nH]c9ccc(Cl)cc89)c(F)c7)ccnc6[nH]5)cn4)nc3[nH]2)cn1. The standard InChI is InChI=1S/C44H29ClF5N15O/c1-64-19-25(17-54-64)39-58-38-29(22-3-5-23(32(47)11-22)15-52-35-14-34(66-63-35)44(48,49)50)13-36(56-43(38)60-39)65-20-26(18-55-65)40-57-37-28(8-9-51-42(37)59-40)21-2-4-24(31(46)10-21)16-53-41-30-12-27(45)6-7-33(30)61-62-41/h2-14,17-20H,15-16H2,1H3,(H,52,63)(H,51,57,59)(H2,53,61,62)(H,56,58,60). The van der Waals surface area contributed by atoms with Crippen molar-refractivity contribution in [2.75, 3.05) is 10.6 Å². The van der Waals surface area contributed by atoms with E-state index in [-0.39, 0.29) is 24.5 Å². The molecule has 0 bridgehead atoms. The van der Waals surface area contributed by atoms with E-state index >= 15 is 8.78 Å². The van der Waals surface area contributed by atoms with E-state index in [0.717, 1.165) is 10.9 Å². The average molecular weight is 914 g/mol. The predicted molar refractivity (Wildman–Crippen MR) is 234 cm³/mol. The highest BCUT2D eigenvalue weighted by atomic mass is 35.5. The number of nitrogens with one attached hydrogen (secondary N) is 5. The van der Waals surface area contributed by atoms with Crippen LogP contribution < -0.4 is 10.6 Å². The molecule has 0 aliphatic heterocycles. The van der Waals surface area contributed by atoms with Gasteiger partial charge in [-0.25, -0.2) is 33.4 Å². The molecule has 0 saturated heterocycles. The molecule has 22 heteroatoms. The van der Waals surface area contributed by atoms with E-state index in [4.69, 9.17) is 26.6 Å². The van der Waals surface area contributed by atoms with Gasteiger partial charge in [-0.2, -0.15) is 28.5 Å². The number of hydrogen-bond acceptors (Lipinski definition) is 11. The van der Waals surface area contributed by atoms with Gasteiger partial charge < -0.3 is 25.1 Å². The third-order valence-corrected chi connectivity index (χ3v) is 11.1. The van der Waals surface area contributed by atoms with Crippen LogP contribution in [0.25, 0.3) is 84.1 Å². The molecule has 0 saturated carbocycles. The predicted octanol–water partition coefficient (Wildman–Crippen LogP) is 9.86. The Bertz CT molecular complexity index is 3640. The van der Waals surface area contributed by atoms with Gasteiger partial charge in [-0.15, -0.1) is 0 Å². The minimum absolute atomic E-state index is 0.167. The minimum Gasteiger partial charge on any atom is -0.364 e. The number of anilines is 2. The van der Waals surface area contributed by atoms with Crippen molar-refractivity contribution in [3.8, 4) is 50.8 Å². The molecule has 8 aromatic heterocycles. The monoisotopic (exact) mass is 913 g/mol. The molecule has 0 aliphatic carbocycles. The topological polar surface area (TPSA) is 198 Å². The van der Waals surface area contributed by atoms with Crippen LogP contribution in [0.2, 0.25) is 5.02 Å². The summed E-state index contributed by atoms with van der Waals surface area (Å²) in [6.45, 7) is 0.0145. The fraction of sp³-hybridized carbons (Fsp3) is 0.0909. The summed E-state index contributed by atoms with van der Waals surface area (Å²) in [5, 5.41) is 26.7. The van der Waals surface area contributed by atoms with E-state index in [0.29, 0.717) is 95.6 Å². The van der Waals surface area contributed by atoms with E-state index in [1.807, 2.05) is 12.1 Å². The number of aryl methyl sites for hydroxylation is 1. The lowest BCUT2D eigenvalue weighted by Crippen LogP contribution is -2.04. The minimum atomic E-state index is -4.71. The van der Waals surface area contributed by atoms with E-state index < -0.39 is 23.6 Å². The van der Waals surface area contributed by atoms with Gasteiger partial charge in [0.1, 0.15) is 34.3 Å². The van der Waals surface area contributed by atoms with Crippen molar-refractivity contribution in [2.24, 2.45) is 7.05 Å². The number of halogens is 6. The summed E-state index contributed by atoms with van der Waals surface area (Å²) in [7, 11) is 1.78. The molecular weight excluding hydrogens is 885 g/mol. The molecule has 0 spiro atoms. The van der Waals surface area contributed by atoms with Gasteiger partial charge >= 0.3 is 6.18 Å². The number of fused-ring (bicyclic) bond motifs is 3. The summed E-state index contributed by atoms with van der Waals surface area (Å²) < 4.78 is 77.9. The highest BCUT2D eigenvalue weighted by molar-refractivity contribution is 6.31. The Labute approximate surface area is 371 Å². The van der Waals surface area contributed by atoms with Crippen LogP contribution in [-0.2, 0) is 26.3 Å². The lowest BCUT2D eigenvalue weighted by Gasteiger charge is -2.09. The molecule has 0 aliphatic rings. The van der Waals surface area contributed by atoms with Crippen molar-refractivity contribution < 1.29 is 26.5 Å². The number of alkyl halides is 3.